The summed E-state index contributed by atoms with van der Waals surface area (Å²) in [5, 5.41) is 17.1. The van der Waals surface area contributed by atoms with Crippen molar-refractivity contribution in [3.05, 3.63) is 58.4 Å². The summed E-state index contributed by atoms with van der Waals surface area (Å²) < 4.78 is 0. The van der Waals surface area contributed by atoms with Gasteiger partial charge in [-0.1, -0.05) is 21.7 Å². The van der Waals surface area contributed by atoms with Gasteiger partial charge < -0.3 is 4.90 Å². The molecule has 3 unspecified atom stereocenters. The number of likely N-dealkylation sites (N-methyl/N-ethyl adjacent to an activating group) is 2. The van der Waals surface area contributed by atoms with Crippen LogP contribution < -0.4 is 5.01 Å². The molecule has 0 bridgehead atoms. The van der Waals surface area contributed by atoms with Gasteiger partial charge in [-0.15, -0.1) is 0 Å². The number of nitriles is 1. The molecule has 192 valence electrons. The Labute approximate surface area is 223 Å². The number of nitrogens with zero attached hydrogens (tertiary/aromatic N) is 6. The zero-order chi connectivity index (χ0) is 25.7. The fraction of sp³-hybridized carbons (Fsp3) is 0.533. The van der Waals surface area contributed by atoms with Gasteiger partial charge in [0.15, 0.2) is 0 Å². The Bertz CT molecular complexity index is 1290. The van der Waals surface area contributed by atoms with Gasteiger partial charge >= 0.3 is 0 Å². The molecule has 1 aromatic heterocycles. The highest BCUT2D eigenvalue weighted by molar-refractivity contribution is 7.21. The fourth-order valence-electron chi connectivity index (χ4n) is 7.06. The summed E-state index contributed by atoms with van der Waals surface area (Å²) in [6, 6.07) is 13.8. The molecule has 0 N–H and O–H groups in total. The summed E-state index contributed by atoms with van der Waals surface area (Å²) >= 11 is 0. The van der Waals surface area contributed by atoms with Gasteiger partial charge in [0.05, 0.1) is 45.9 Å². The van der Waals surface area contributed by atoms with Crippen LogP contribution in [0.3, 0.4) is 0 Å². The maximum atomic E-state index is 9.44. The summed E-state index contributed by atoms with van der Waals surface area (Å²) in [6.45, 7) is 4.25. The zero-order valence-electron chi connectivity index (χ0n) is 22.2. The molecule has 7 heteroatoms. The number of aryl methyl sites for hydroxylation is 2. The third-order valence-corrected chi connectivity index (χ3v) is 9.80. The molecule has 0 radical (unpaired) electrons. The normalized spacial score (nSPS) is 25.8. The minimum atomic E-state index is 0.390. The highest BCUT2D eigenvalue weighted by atomic mass is 31.0. The van der Waals surface area contributed by atoms with Crippen LogP contribution in [-0.2, 0) is 6.42 Å². The lowest BCUT2D eigenvalue weighted by atomic mass is 9.76. The van der Waals surface area contributed by atoms with E-state index >= 15 is 0 Å². The van der Waals surface area contributed by atoms with Crippen molar-refractivity contribution in [1.29, 1.82) is 5.26 Å². The van der Waals surface area contributed by atoms with E-state index in [0.717, 1.165) is 53.9 Å². The monoisotopic (exact) mass is 512 g/mol. The van der Waals surface area contributed by atoms with Gasteiger partial charge in [-0.05, 0) is 101 Å². The second-order valence-electron chi connectivity index (χ2n) is 11.5. The number of rotatable bonds is 5. The first-order valence-electron chi connectivity index (χ1n) is 13.8. The Balaban J connectivity index is 1.32. The standard InChI is InChI=1S/C30H37N6P/c1-19-16-22(9-8-21(19)17-31)36-29(20-6-4-5-7-20)25-11-12-26-24(28(25)33-36)10-13-27(32-26)30(37)35(3)23-14-15-34(2)18-23/h8-10,13,16,20,23,25,29,37H,4-7,11-12,14-15,18H2,1-3H3. The van der Waals surface area contributed by atoms with Gasteiger partial charge in [0, 0.05) is 24.1 Å². The van der Waals surface area contributed by atoms with Crippen molar-refractivity contribution in [2.24, 2.45) is 16.9 Å². The lowest BCUT2D eigenvalue weighted by molar-refractivity contribution is 0.345. The van der Waals surface area contributed by atoms with Gasteiger partial charge in [0.25, 0.3) is 0 Å². The van der Waals surface area contributed by atoms with Crippen LogP contribution in [0, 0.1) is 30.1 Å². The van der Waals surface area contributed by atoms with Crippen LogP contribution in [0.4, 0.5) is 5.69 Å². The van der Waals surface area contributed by atoms with Crippen molar-refractivity contribution in [1.82, 2.24) is 14.8 Å². The molecular weight excluding hydrogens is 475 g/mol. The van der Waals surface area contributed by atoms with Gasteiger partial charge in [0.2, 0.25) is 0 Å². The molecule has 4 aliphatic rings. The van der Waals surface area contributed by atoms with Crippen LogP contribution in [0.5, 0.6) is 0 Å². The first-order valence-corrected chi connectivity index (χ1v) is 14.3. The number of aromatic nitrogens is 1. The molecule has 3 heterocycles. The number of hydrogen-bond acceptors (Lipinski definition) is 5. The summed E-state index contributed by atoms with van der Waals surface area (Å²) in [5.41, 5.74) is 8.55. The molecule has 3 atom stereocenters. The van der Waals surface area contributed by atoms with Gasteiger partial charge in [-0.3, -0.25) is 14.9 Å². The van der Waals surface area contributed by atoms with E-state index in [2.05, 4.69) is 68.1 Å². The molecule has 2 aliphatic heterocycles. The minimum absolute atomic E-state index is 0.390. The van der Waals surface area contributed by atoms with Crippen molar-refractivity contribution in [3.63, 3.8) is 0 Å². The molecule has 0 spiro atoms. The number of pyridine rings is 1. The van der Waals surface area contributed by atoms with Crippen molar-refractivity contribution < 1.29 is 0 Å². The number of fused-ring (bicyclic) bond motifs is 3. The Kier molecular flexibility index (Phi) is 6.65. The lowest BCUT2D eigenvalue weighted by Gasteiger charge is -2.34. The average Bonchev–Trinajstić information content (AvgIpc) is 3.67. The van der Waals surface area contributed by atoms with E-state index in [0.29, 0.717) is 23.9 Å². The van der Waals surface area contributed by atoms with Crippen LogP contribution in [0.15, 0.2) is 35.4 Å². The molecule has 1 aromatic carbocycles. The van der Waals surface area contributed by atoms with Gasteiger partial charge in [-0.2, -0.15) is 10.4 Å². The van der Waals surface area contributed by atoms with Crippen molar-refractivity contribution in [2.75, 3.05) is 32.2 Å². The molecule has 2 aromatic rings. The molecule has 2 fully saturated rings. The Hall–Kier alpha value is -2.58. The zero-order valence-corrected chi connectivity index (χ0v) is 23.2. The third-order valence-electron chi connectivity index (χ3n) is 9.19. The van der Waals surface area contributed by atoms with Crippen molar-refractivity contribution in [3.8, 4) is 6.07 Å². The number of likely N-dealkylation sites (tertiary alicyclic amines) is 1. The minimum Gasteiger partial charge on any atom is -0.305 e. The van der Waals surface area contributed by atoms with Crippen LogP contribution in [0.1, 0.15) is 66.6 Å². The quantitative estimate of drug-likeness (QED) is 0.536. The van der Waals surface area contributed by atoms with Crippen LogP contribution >= 0.6 is 8.86 Å². The summed E-state index contributed by atoms with van der Waals surface area (Å²) in [4.78, 5) is 9.90. The molecular formula is C30H37N6P. The van der Waals surface area contributed by atoms with E-state index in [1.165, 1.54) is 49.1 Å². The van der Waals surface area contributed by atoms with Crippen LogP contribution in [-0.4, -0.2) is 65.2 Å². The van der Waals surface area contributed by atoms with E-state index < -0.39 is 0 Å². The second-order valence-corrected chi connectivity index (χ2v) is 11.9. The van der Waals surface area contributed by atoms with E-state index in [1.807, 2.05) is 13.0 Å². The molecule has 1 saturated heterocycles. The van der Waals surface area contributed by atoms with E-state index in [4.69, 9.17) is 10.1 Å². The second kappa shape index (κ2) is 9.95. The first kappa shape index (κ1) is 24.7. The van der Waals surface area contributed by atoms with Crippen LogP contribution in [0.25, 0.3) is 0 Å². The molecule has 1 saturated carbocycles. The van der Waals surface area contributed by atoms with Gasteiger partial charge in [-0.25, -0.2) is 0 Å². The predicted octanol–water partition coefficient (Wildman–Crippen LogP) is 4.86. The smallest absolute Gasteiger partial charge is 0.0994 e. The van der Waals surface area contributed by atoms with Gasteiger partial charge in [0.1, 0.15) is 0 Å². The first-order chi connectivity index (χ1) is 17.9. The molecule has 6 rings (SSSR count). The Morgan fingerprint density at radius 2 is 1.95 bits per heavy atom. The maximum Gasteiger partial charge on any atom is 0.0994 e. The molecule has 37 heavy (non-hydrogen) atoms. The van der Waals surface area contributed by atoms with Crippen LogP contribution in [0.2, 0.25) is 0 Å². The highest BCUT2D eigenvalue weighted by Gasteiger charge is 2.46. The summed E-state index contributed by atoms with van der Waals surface area (Å²) in [7, 11) is 8.31. The average molecular weight is 513 g/mol. The molecule has 0 amide bonds. The van der Waals surface area contributed by atoms with E-state index in [1.54, 1.807) is 0 Å². The topological polar surface area (TPSA) is 58.8 Å². The number of hydrazone groups is 1. The molecule has 2 aliphatic carbocycles. The fourth-order valence-corrected chi connectivity index (χ4v) is 7.39. The highest BCUT2D eigenvalue weighted by Crippen LogP contribution is 2.44. The Morgan fingerprint density at radius 3 is 2.65 bits per heavy atom. The van der Waals surface area contributed by atoms with E-state index in [-0.39, 0.29) is 0 Å². The molecule has 6 nitrogen and oxygen atoms in total. The number of benzene rings is 1. The summed E-state index contributed by atoms with van der Waals surface area (Å²) in [6.07, 6.45) is 8.46. The van der Waals surface area contributed by atoms with Crippen molar-refractivity contribution >= 4 is 25.7 Å². The SMILES string of the molecule is Cc1cc(N2N=C3c4ccc(C(=P)N(C)C5CCN(C)C5)nc4CCC3C2C2CCCC2)ccc1C#N. The van der Waals surface area contributed by atoms with Crippen molar-refractivity contribution in [2.45, 2.75) is 64.0 Å². The van der Waals surface area contributed by atoms with E-state index in [9.17, 15) is 5.26 Å². The maximum absolute atomic E-state index is 9.44. The Morgan fingerprint density at radius 1 is 1.14 bits per heavy atom. The third kappa shape index (κ3) is 4.42. The summed E-state index contributed by atoms with van der Waals surface area (Å²) in [5.74, 6) is 1.10. The predicted molar refractivity (Wildman–Crippen MR) is 153 cm³/mol. The number of hydrogen-bond donors (Lipinski definition) is 0. The lowest BCUT2D eigenvalue weighted by Crippen LogP contribution is -2.41. The number of anilines is 1. The largest absolute Gasteiger partial charge is 0.305 e.